The molecular weight excluding hydrogens is 199 g/mol. The molecule has 0 bridgehead atoms. The Hall–Kier alpha value is 0.150. The second kappa shape index (κ2) is 5.89. The highest BCUT2D eigenvalue weighted by atomic mass is 31.2. The van der Waals surface area contributed by atoms with Crippen molar-refractivity contribution in [1.82, 2.24) is 0 Å². The summed E-state index contributed by atoms with van der Waals surface area (Å²) in [4.78, 5) is 0. The van der Waals surface area contributed by atoms with E-state index >= 15 is 0 Å². The Labute approximate surface area is 87.2 Å². The van der Waals surface area contributed by atoms with E-state index in [1.807, 2.05) is 27.7 Å². The number of hydrogen-bond donors (Lipinski definition) is 1. The molecule has 0 spiro atoms. The molecule has 0 amide bonds. The van der Waals surface area contributed by atoms with Crippen molar-refractivity contribution in [3.63, 3.8) is 0 Å². The molecule has 14 heavy (non-hydrogen) atoms. The van der Waals surface area contributed by atoms with Crippen LogP contribution in [0.25, 0.3) is 0 Å². The van der Waals surface area contributed by atoms with E-state index in [2.05, 4.69) is 0 Å². The maximum absolute atomic E-state index is 12.4. The molecular formula is C10H23O3P. The maximum Gasteiger partial charge on any atom is 0.117 e. The number of aliphatic hydroxyl groups excluding tert-OH is 1. The Kier molecular flexibility index (Phi) is 5.96. The van der Waals surface area contributed by atoms with Crippen molar-refractivity contribution >= 4 is 7.14 Å². The summed E-state index contributed by atoms with van der Waals surface area (Å²) in [5.41, 5.74) is 0.293. The first-order chi connectivity index (χ1) is 6.34. The average molecular weight is 222 g/mol. The molecule has 0 aliphatic heterocycles. The smallest absolute Gasteiger partial charge is 0.117 e. The number of ether oxygens (including phenoxy) is 1. The van der Waals surface area contributed by atoms with Gasteiger partial charge in [0.2, 0.25) is 0 Å². The lowest BCUT2D eigenvalue weighted by Gasteiger charge is -2.26. The average Bonchev–Trinajstić information content (AvgIpc) is 2.12. The minimum atomic E-state index is -2.26. The highest BCUT2D eigenvalue weighted by Gasteiger charge is 2.30. The van der Waals surface area contributed by atoms with Gasteiger partial charge >= 0.3 is 0 Å². The van der Waals surface area contributed by atoms with Crippen LogP contribution in [-0.4, -0.2) is 35.5 Å². The van der Waals surface area contributed by atoms with Crippen molar-refractivity contribution in [3.8, 4) is 0 Å². The first-order valence-electron chi connectivity index (χ1n) is 5.15. The fourth-order valence-electron chi connectivity index (χ4n) is 1.19. The van der Waals surface area contributed by atoms with E-state index in [0.717, 1.165) is 0 Å². The summed E-state index contributed by atoms with van der Waals surface area (Å²) < 4.78 is 17.8. The monoisotopic (exact) mass is 222 g/mol. The molecule has 86 valence electrons. The molecule has 0 aliphatic carbocycles. The molecule has 0 heterocycles. The lowest BCUT2D eigenvalue weighted by atomic mass is 10.4. The van der Waals surface area contributed by atoms with E-state index in [1.54, 1.807) is 6.92 Å². The number of aliphatic hydroxyl groups is 1. The number of hydrogen-bond acceptors (Lipinski definition) is 3. The van der Waals surface area contributed by atoms with Crippen LogP contribution in [0, 0.1) is 0 Å². The number of rotatable bonds is 6. The van der Waals surface area contributed by atoms with Crippen molar-refractivity contribution in [2.45, 2.75) is 52.0 Å². The Morgan fingerprint density at radius 3 is 1.86 bits per heavy atom. The lowest BCUT2D eigenvalue weighted by Crippen LogP contribution is -2.19. The molecule has 0 aliphatic rings. The normalized spacial score (nSPS) is 15.1. The lowest BCUT2D eigenvalue weighted by molar-refractivity contribution is 0.0490. The Morgan fingerprint density at radius 1 is 1.14 bits per heavy atom. The van der Waals surface area contributed by atoms with Crippen molar-refractivity contribution in [2.75, 3.05) is 13.0 Å². The Balaban J connectivity index is 4.33. The van der Waals surface area contributed by atoms with Gasteiger partial charge in [-0.2, -0.15) is 0 Å². The van der Waals surface area contributed by atoms with Crippen LogP contribution in [0.15, 0.2) is 0 Å². The summed E-state index contributed by atoms with van der Waals surface area (Å²) >= 11 is 0. The minimum Gasteiger partial charge on any atom is -0.394 e. The summed E-state index contributed by atoms with van der Waals surface area (Å²) in [6, 6.07) is 0. The molecule has 1 N–H and O–H groups in total. The second-order valence-corrected chi connectivity index (χ2v) is 8.36. The molecule has 0 saturated carbocycles. The molecule has 0 radical (unpaired) electrons. The zero-order chi connectivity index (χ0) is 11.4. The maximum atomic E-state index is 12.4. The molecule has 0 unspecified atom stereocenters. The zero-order valence-corrected chi connectivity index (χ0v) is 10.8. The molecule has 3 nitrogen and oxygen atoms in total. The van der Waals surface area contributed by atoms with Gasteiger partial charge in [-0.05, 0) is 6.92 Å². The van der Waals surface area contributed by atoms with Gasteiger partial charge in [-0.1, -0.05) is 27.7 Å². The van der Waals surface area contributed by atoms with Gasteiger partial charge in [0.25, 0.3) is 0 Å². The Bertz CT molecular complexity index is 190. The summed E-state index contributed by atoms with van der Waals surface area (Å²) in [6.45, 7) is 9.63. The van der Waals surface area contributed by atoms with Crippen LogP contribution in [0.2, 0.25) is 0 Å². The molecule has 0 saturated heterocycles. The van der Waals surface area contributed by atoms with Gasteiger partial charge in [0.1, 0.15) is 13.5 Å². The van der Waals surface area contributed by atoms with E-state index in [9.17, 15) is 4.57 Å². The second-order valence-electron chi connectivity index (χ2n) is 4.33. The highest BCUT2D eigenvalue weighted by Crippen LogP contribution is 2.54. The van der Waals surface area contributed by atoms with E-state index in [1.165, 1.54) is 0 Å². The Morgan fingerprint density at radius 2 is 1.57 bits per heavy atom. The summed E-state index contributed by atoms with van der Waals surface area (Å²) in [7, 11) is -2.26. The van der Waals surface area contributed by atoms with Gasteiger partial charge in [-0.3, -0.25) is 0 Å². The van der Waals surface area contributed by atoms with E-state index < -0.39 is 7.14 Å². The first-order valence-corrected chi connectivity index (χ1v) is 7.18. The highest BCUT2D eigenvalue weighted by molar-refractivity contribution is 7.65. The summed E-state index contributed by atoms with van der Waals surface area (Å²) in [6.07, 6.45) is 0.0603. The molecule has 0 aromatic rings. The summed E-state index contributed by atoms with van der Waals surface area (Å²) in [5.74, 6) is 0. The third kappa shape index (κ3) is 3.72. The van der Waals surface area contributed by atoms with E-state index in [0.29, 0.717) is 0 Å². The van der Waals surface area contributed by atoms with Crippen molar-refractivity contribution in [3.05, 3.63) is 0 Å². The van der Waals surface area contributed by atoms with Gasteiger partial charge in [-0.15, -0.1) is 0 Å². The molecule has 0 aromatic carbocycles. The molecule has 0 rings (SSSR count). The van der Waals surface area contributed by atoms with Gasteiger partial charge < -0.3 is 14.4 Å². The quantitative estimate of drug-likeness (QED) is 0.702. The van der Waals surface area contributed by atoms with Crippen molar-refractivity contribution in [1.29, 1.82) is 0 Å². The van der Waals surface area contributed by atoms with Gasteiger partial charge in [-0.25, -0.2) is 0 Å². The molecule has 4 heteroatoms. The zero-order valence-electron chi connectivity index (χ0n) is 9.86. The topological polar surface area (TPSA) is 46.5 Å². The summed E-state index contributed by atoms with van der Waals surface area (Å²) in [5, 5.41) is 8.79. The van der Waals surface area contributed by atoms with Gasteiger partial charge in [0.05, 0.1) is 12.7 Å². The van der Waals surface area contributed by atoms with Crippen LogP contribution in [0.5, 0.6) is 0 Å². The predicted octanol–water partition coefficient (Wildman–Crippen LogP) is 2.52. The van der Waals surface area contributed by atoms with E-state index in [4.69, 9.17) is 9.84 Å². The standard InChI is InChI=1S/C10H23O3P/c1-8(2)14(12,9(3)4)7-13-10(5)6-11/h8-11H,6-7H2,1-5H3/t10-/m0/s1. The largest absolute Gasteiger partial charge is 0.394 e. The minimum absolute atomic E-state index is 0.0177. The van der Waals surface area contributed by atoms with Crippen LogP contribution in [0.4, 0.5) is 0 Å². The fraction of sp³-hybridized carbons (Fsp3) is 1.00. The third-order valence-electron chi connectivity index (χ3n) is 2.57. The first kappa shape index (κ1) is 14.2. The van der Waals surface area contributed by atoms with Gasteiger partial charge in [0.15, 0.2) is 0 Å². The fourth-order valence-corrected chi connectivity index (χ4v) is 3.47. The molecule has 0 fully saturated rings. The molecule has 0 aromatic heterocycles. The van der Waals surface area contributed by atoms with Crippen molar-refractivity contribution in [2.24, 2.45) is 0 Å². The van der Waals surface area contributed by atoms with Crippen LogP contribution in [0.1, 0.15) is 34.6 Å². The third-order valence-corrected chi connectivity index (χ3v) is 6.62. The van der Waals surface area contributed by atoms with Crippen LogP contribution in [0.3, 0.4) is 0 Å². The molecule has 1 atom stereocenters. The SMILES string of the molecule is CC(C)P(=O)(CO[C@@H](C)CO)C(C)C. The van der Waals surface area contributed by atoms with Gasteiger partial charge in [0, 0.05) is 11.3 Å². The van der Waals surface area contributed by atoms with Crippen molar-refractivity contribution < 1.29 is 14.4 Å². The van der Waals surface area contributed by atoms with Crippen LogP contribution in [-0.2, 0) is 9.30 Å². The predicted molar refractivity (Wildman–Crippen MR) is 60.4 cm³/mol. The van der Waals surface area contributed by atoms with E-state index in [-0.39, 0.29) is 30.4 Å². The van der Waals surface area contributed by atoms with Crippen LogP contribution < -0.4 is 0 Å². The van der Waals surface area contributed by atoms with Crippen LogP contribution >= 0.6 is 7.14 Å².